The van der Waals surface area contributed by atoms with Crippen LogP contribution in [0.5, 0.6) is 0 Å². The van der Waals surface area contributed by atoms with Crippen LogP contribution < -0.4 is 0 Å². The summed E-state index contributed by atoms with van der Waals surface area (Å²) in [5, 5.41) is 0. The zero-order valence-corrected chi connectivity index (χ0v) is 8.77. The lowest BCUT2D eigenvalue weighted by Gasteiger charge is -1.86. The van der Waals surface area contributed by atoms with Gasteiger partial charge in [-0.25, -0.2) is 9.98 Å². The van der Waals surface area contributed by atoms with Crippen molar-refractivity contribution in [3.63, 3.8) is 0 Å². The highest BCUT2D eigenvalue weighted by atomic mass is 14.9. The van der Waals surface area contributed by atoms with Crippen LogP contribution in [0.1, 0.15) is 13.8 Å². The molecule has 0 fully saturated rings. The van der Waals surface area contributed by atoms with Gasteiger partial charge >= 0.3 is 0 Å². The molecule has 0 saturated carbocycles. The highest BCUT2D eigenvalue weighted by Crippen LogP contribution is 1.93. The quantitative estimate of drug-likeness (QED) is 0.367. The van der Waals surface area contributed by atoms with E-state index in [1.165, 1.54) is 0 Å². The summed E-state index contributed by atoms with van der Waals surface area (Å²) in [5.74, 6) is 0.700. The maximum atomic E-state index is 4.08. The van der Waals surface area contributed by atoms with E-state index in [1.54, 1.807) is 24.6 Å². The first kappa shape index (κ1) is 12.3. The van der Waals surface area contributed by atoms with E-state index in [0.29, 0.717) is 5.84 Å². The number of nitrogens with zero attached hydrogens (tertiary/aromatic N) is 2. The number of allylic oxidation sites excluding steroid dienone is 5. The molecule has 14 heavy (non-hydrogen) atoms. The second-order valence-corrected chi connectivity index (χ2v) is 2.65. The van der Waals surface area contributed by atoms with Gasteiger partial charge in [-0.3, -0.25) is 0 Å². The average molecular weight is 188 g/mol. The van der Waals surface area contributed by atoms with Gasteiger partial charge in [0.15, 0.2) is 0 Å². The lowest BCUT2D eigenvalue weighted by molar-refractivity contribution is 1.45. The summed E-state index contributed by atoms with van der Waals surface area (Å²) in [6.45, 7) is 11.0. The van der Waals surface area contributed by atoms with Crippen LogP contribution in [0.2, 0.25) is 0 Å². The van der Waals surface area contributed by atoms with E-state index in [2.05, 4.69) is 23.1 Å². The Balaban J connectivity index is 4.20. The second kappa shape index (κ2) is 7.92. The minimum Gasteiger partial charge on any atom is -0.242 e. The molecule has 0 rings (SSSR count). The molecule has 0 atom stereocenters. The Bertz CT molecular complexity index is 304. The predicted octanol–water partition coefficient (Wildman–Crippen LogP) is 3.31. The smallest absolute Gasteiger partial charge is 0.125 e. The molecule has 0 N–H and O–H groups in total. The summed E-state index contributed by atoms with van der Waals surface area (Å²) in [6.07, 6.45) is 10.5. The molecule has 0 aromatic heterocycles. The summed E-state index contributed by atoms with van der Waals surface area (Å²) in [5.41, 5.74) is 1.10. The van der Waals surface area contributed by atoms with E-state index < -0.39 is 0 Å². The minimum atomic E-state index is 0.700. The van der Waals surface area contributed by atoms with Crippen molar-refractivity contribution in [1.82, 2.24) is 0 Å². The normalized spacial score (nSPS) is 13.9. The van der Waals surface area contributed by atoms with Crippen molar-refractivity contribution in [3.05, 3.63) is 49.2 Å². The van der Waals surface area contributed by atoms with Gasteiger partial charge in [0.2, 0.25) is 0 Å². The SMILES string of the molecule is C=CC=NC(C)=N/C=C\C=C(/C)C=C. The average Bonchev–Trinajstić information content (AvgIpc) is 2.21. The molecular weight excluding hydrogens is 172 g/mol. The fourth-order valence-electron chi connectivity index (χ4n) is 0.608. The number of hydrogen-bond acceptors (Lipinski definition) is 1. The highest BCUT2D eigenvalue weighted by molar-refractivity contribution is 5.90. The monoisotopic (exact) mass is 188 g/mol. The van der Waals surface area contributed by atoms with Crippen LogP contribution >= 0.6 is 0 Å². The predicted molar refractivity (Wildman–Crippen MR) is 64.9 cm³/mol. The van der Waals surface area contributed by atoms with Gasteiger partial charge in [-0.1, -0.05) is 37.0 Å². The molecule has 2 nitrogen and oxygen atoms in total. The van der Waals surface area contributed by atoms with Crippen LogP contribution in [0.4, 0.5) is 0 Å². The highest BCUT2D eigenvalue weighted by Gasteiger charge is 1.78. The first-order chi connectivity index (χ1) is 6.70. The molecule has 0 amide bonds. The van der Waals surface area contributed by atoms with Gasteiger partial charge in [0.1, 0.15) is 5.84 Å². The Morgan fingerprint density at radius 1 is 1.21 bits per heavy atom. The van der Waals surface area contributed by atoms with Crippen molar-refractivity contribution < 1.29 is 0 Å². The van der Waals surface area contributed by atoms with Crippen molar-refractivity contribution in [2.75, 3.05) is 0 Å². The Morgan fingerprint density at radius 3 is 2.50 bits per heavy atom. The topological polar surface area (TPSA) is 24.7 Å². The number of amidine groups is 1. The molecule has 0 aliphatic heterocycles. The number of rotatable bonds is 4. The van der Waals surface area contributed by atoms with Crippen molar-refractivity contribution in [1.29, 1.82) is 0 Å². The van der Waals surface area contributed by atoms with Crippen LogP contribution in [0.3, 0.4) is 0 Å². The Kier molecular flexibility index (Phi) is 6.96. The van der Waals surface area contributed by atoms with Gasteiger partial charge in [0, 0.05) is 12.4 Å². The fraction of sp³-hybridized carbons (Fsp3) is 0.167. The standard InChI is InChI=1S/C12H16N2/c1-5-9-13-12(4)14-10-7-8-11(3)6-2/h5-10H,1-2H2,3-4H3/b10-7-,11-8+,13-9?,14-12?. The Labute approximate surface area is 85.8 Å². The van der Waals surface area contributed by atoms with Gasteiger partial charge in [-0.15, -0.1) is 0 Å². The van der Waals surface area contributed by atoms with Crippen molar-refractivity contribution >= 4 is 12.1 Å². The van der Waals surface area contributed by atoms with Gasteiger partial charge in [-0.2, -0.15) is 0 Å². The minimum absolute atomic E-state index is 0.700. The third-order valence-electron chi connectivity index (χ3n) is 1.40. The van der Waals surface area contributed by atoms with E-state index in [4.69, 9.17) is 0 Å². The van der Waals surface area contributed by atoms with Gasteiger partial charge in [-0.05, 0) is 19.9 Å². The Hall–Kier alpha value is -1.70. The molecule has 0 aliphatic rings. The molecule has 0 saturated heterocycles. The van der Waals surface area contributed by atoms with Crippen LogP contribution in [-0.4, -0.2) is 12.1 Å². The summed E-state index contributed by atoms with van der Waals surface area (Å²) in [6, 6.07) is 0. The van der Waals surface area contributed by atoms with Gasteiger partial charge < -0.3 is 0 Å². The third-order valence-corrected chi connectivity index (χ3v) is 1.40. The zero-order chi connectivity index (χ0) is 10.8. The van der Waals surface area contributed by atoms with E-state index >= 15 is 0 Å². The van der Waals surface area contributed by atoms with Crippen LogP contribution in [-0.2, 0) is 0 Å². The number of hydrogen-bond donors (Lipinski definition) is 0. The summed E-state index contributed by atoms with van der Waals surface area (Å²) in [4.78, 5) is 8.07. The maximum Gasteiger partial charge on any atom is 0.125 e. The summed E-state index contributed by atoms with van der Waals surface area (Å²) >= 11 is 0. The zero-order valence-electron chi connectivity index (χ0n) is 8.77. The van der Waals surface area contributed by atoms with E-state index in [9.17, 15) is 0 Å². The molecule has 74 valence electrons. The van der Waals surface area contributed by atoms with Crippen molar-refractivity contribution in [2.45, 2.75) is 13.8 Å². The maximum absolute atomic E-state index is 4.08. The van der Waals surface area contributed by atoms with Gasteiger partial charge in [0.25, 0.3) is 0 Å². The molecule has 0 radical (unpaired) electrons. The molecular formula is C12H16N2. The molecule has 0 aromatic rings. The molecule has 0 aliphatic carbocycles. The van der Waals surface area contributed by atoms with Crippen molar-refractivity contribution in [3.8, 4) is 0 Å². The molecule has 0 aromatic carbocycles. The molecule has 0 heterocycles. The molecule has 0 spiro atoms. The van der Waals surface area contributed by atoms with E-state index in [-0.39, 0.29) is 0 Å². The fourth-order valence-corrected chi connectivity index (χ4v) is 0.608. The lowest BCUT2D eigenvalue weighted by atomic mass is 10.3. The van der Waals surface area contributed by atoms with E-state index in [0.717, 1.165) is 5.57 Å². The first-order valence-electron chi connectivity index (χ1n) is 4.36. The third kappa shape index (κ3) is 6.98. The van der Waals surface area contributed by atoms with Crippen LogP contribution in [0.15, 0.2) is 59.2 Å². The summed E-state index contributed by atoms with van der Waals surface area (Å²) in [7, 11) is 0. The second-order valence-electron chi connectivity index (χ2n) is 2.65. The Morgan fingerprint density at radius 2 is 1.93 bits per heavy atom. The largest absolute Gasteiger partial charge is 0.242 e. The van der Waals surface area contributed by atoms with Crippen LogP contribution in [0.25, 0.3) is 0 Å². The summed E-state index contributed by atoms with van der Waals surface area (Å²) < 4.78 is 0. The van der Waals surface area contributed by atoms with Crippen LogP contribution in [0, 0.1) is 0 Å². The first-order valence-corrected chi connectivity index (χ1v) is 4.36. The molecule has 2 heteroatoms. The molecule has 0 unspecified atom stereocenters. The van der Waals surface area contributed by atoms with E-state index in [1.807, 2.05) is 26.0 Å². The van der Waals surface area contributed by atoms with Gasteiger partial charge in [0.05, 0.1) is 0 Å². The van der Waals surface area contributed by atoms with Crippen molar-refractivity contribution in [2.24, 2.45) is 9.98 Å². The number of aliphatic imine (C=N–C) groups is 2. The lowest BCUT2D eigenvalue weighted by Crippen LogP contribution is -1.82. The molecule has 0 bridgehead atoms.